The molecular formula is C16H25N3O. The lowest BCUT2D eigenvalue weighted by molar-refractivity contribution is -0.123. The van der Waals surface area contributed by atoms with E-state index >= 15 is 0 Å². The van der Waals surface area contributed by atoms with E-state index in [1.54, 1.807) is 0 Å². The van der Waals surface area contributed by atoms with Gasteiger partial charge in [0.25, 0.3) is 0 Å². The quantitative estimate of drug-likeness (QED) is 0.848. The Morgan fingerprint density at radius 1 is 1.35 bits per heavy atom. The average Bonchev–Trinajstić information content (AvgIpc) is 2.49. The molecule has 1 fully saturated rings. The van der Waals surface area contributed by atoms with Crippen LogP contribution < -0.4 is 11.1 Å². The molecule has 4 nitrogen and oxygen atoms in total. The van der Waals surface area contributed by atoms with Crippen LogP contribution >= 0.6 is 0 Å². The summed E-state index contributed by atoms with van der Waals surface area (Å²) in [7, 11) is 0. The summed E-state index contributed by atoms with van der Waals surface area (Å²) >= 11 is 0. The predicted octanol–water partition coefficient (Wildman–Crippen LogP) is 1.16. The van der Waals surface area contributed by atoms with Crippen LogP contribution in [0.1, 0.15) is 25.3 Å². The molecule has 0 radical (unpaired) electrons. The maximum absolute atomic E-state index is 12.1. The minimum atomic E-state index is -0.457. The maximum atomic E-state index is 12.1. The van der Waals surface area contributed by atoms with Gasteiger partial charge in [-0.25, -0.2) is 0 Å². The Kier molecular flexibility index (Phi) is 5.56. The van der Waals surface area contributed by atoms with Crippen LogP contribution in [0.15, 0.2) is 30.3 Å². The number of benzene rings is 1. The molecule has 0 spiro atoms. The number of nitrogens with one attached hydrogen (secondary N) is 1. The van der Waals surface area contributed by atoms with Crippen LogP contribution in [0.5, 0.6) is 0 Å². The molecule has 0 unspecified atom stereocenters. The van der Waals surface area contributed by atoms with E-state index in [2.05, 4.69) is 17.1 Å². The molecule has 4 heteroatoms. The number of amides is 1. The van der Waals surface area contributed by atoms with Gasteiger partial charge in [0.1, 0.15) is 0 Å². The number of hydrogen-bond acceptors (Lipinski definition) is 3. The predicted molar refractivity (Wildman–Crippen MR) is 81.4 cm³/mol. The second-order valence-corrected chi connectivity index (χ2v) is 5.51. The fourth-order valence-corrected chi connectivity index (χ4v) is 2.66. The summed E-state index contributed by atoms with van der Waals surface area (Å²) in [5.41, 5.74) is 7.10. The van der Waals surface area contributed by atoms with Crippen molar-refractivity contribution in [3.63, 3.8) is 0 Å². The first-order valence-corrected chi connectivity index (χ1v) is 7.51. The zero-order valence-corrected chi connectivity index (χ0v) is 12.2. The minimum absolute atomic E-state index is 0.0243. The van der Waals surface area contributed by atoms with Crippen molar-refractivity contribution in [1.82, 2.24) is 10.2 Å². The standard InChI is InChI=1S/C16H25N3O/c1-2-19-10-8-14(9-11-19)18-16(20)15(17)12-13-6-4-3-5-7-13/h3-7,14-15H,2,8-12,17H2,1H3,(H,18,20)/t15-/m0/s1. The van der Waals surface area contributed by atoms with Crippen molar-refractivity contribution in [2.75, 3.05) is 19.6 Å². The van der Waals surface area contributed by atoms with Crippen molar-refractivity contribution < 1.29 is 4.79 Å². The van der Waals surface area contributed by atoms with Gasteiger partial charge in [-0.15, -0.1) is 0 Å². The van der Waals surface area contributed by atoms with E-state index in [4.69, 9.17) is 5.73 Å². The van der Waals surface area contributed by atoms with Gasteiger partial charge in [-0.05, 0) is 31.4 Å². The van der Waals surface area contributed by atoms with Crippen LogP contribution in [0.2, 0.25) is 0 Å². The molecule has 0 aromatic heterocycles. The molecule has 1 saturated heterocycles. The number of piperidine rings is 1. The van der Waals surface area contributed by atoms with Gasteiger partial charge in [-0.1, -0.05) is 37.3 Å². The van der Waals surface area contributed by atoms with Crippen LogP contribution in [0.3, 0.4) is 0 Å². The van der Waals surface area contributed by atoms with E-state index in [0.29, 0.717) is 6.42 Å². The highest BCUT2D eigenvalue weighted by Gasteiger charge is 2.22. The lowest BCUT2D eigenvalue weighted by Gasteiger charge is -2.32. The fourth-order valence-electron chi connectivity index (χ4n) is 2.66. The lowest BCUT2D eigenvalue weighted by Crippen LogP contribution is -2.50. The van der Waals surface area contributed by atoms with Gasteiger partial charge in [0.15, 0.2) is 0 Å². The number of hydrogen-bond donors (Lipinski definition) is 2. The molecule has 0 saturated carbocycles. The summed E-state index contributed by atoms with van der Waals surface area (Å²) in [5.74, 6) is -0.0243. The summed E-state index contributed by atoms with van der Waals surface area (Å²) in [4.78, 5) is 14.5. The number of carbonyl (C=O) groups is 1. The van der Waals surface area contributed by atoms with E-state index < -0.39 is 6.04 Å². The third-order valence-electron chi connectivity index (χ3n) is 4.02. The van der Waals surface area contributed by atoms with E-state index in [9.17, 15) is 4.79 Å². The Hall–Kier alpha value is -1.39. The number of nitrogens with zero attached hydrogens (tertiary/aromatic N) is 1. The number of likely N-dealkylation sites (tertiary alicyclic amines) is 1. The SMILES string of the molecule is CCN1CCC(NC(=O)[C@@H](N)Cc2ccccc2)CC1. The van der Waals surface area contributed by atoms with Gasteiger partial charge in [-0.3, -0.25) is 4.79 Å². The Labute approximate surface area is 121 Å². The van der Waals surface area contributed by atoms with Crippen molar-refractivity contribution in [3.8, 4) is 0 Å². The van der Waals surface area contributed by atoms with Gasteiger partial charge in [0.2, 0.25) is 5.91 Å². The highest BCUT2D eigenvalue weighted by Crippen LogP contribution is 2.10. The van der Waals surface area contributed by atoms with Crippen molar-refractivity contribution >= 4 is 5.91 Å². The summed E-state index contributed by atoms with van der Waals surface area (Å²) in [6, 6.07) is 9.76. The van der Waals surface area contributed by atoms with Gasteiger partial charge in [0.05, 0.1) is 6.04 Å². The smallest absolute Gasteiger partial charge is 0.237 e. The molecule has 110 valence electrons. The van der Waals surface area contributed by atoms with Crippen molar-refractivity contribution in [2.45, 2.75) is 38.3 Å². The highest BCUT2D eigenvalue weighted by molar-refractivity contribution is 5.82. The molecule has 0 bridgehead atoms. The van der Waals surface area contributed by atoms with Crippen LogP contribution in [0.25, 0.3) is 0 Å². The first-order chi connectivity index (χ1) is 9.69. The molecule has 3 N–H and O–H groups in total. The van der Waals surface area contributed by atoms with Gasteiger partial charge < -0.3 is 16.0 Å². The third kappa shape index (κ3) is 4.32. The van der Waals surface area contributed by atoms with Crippen LogP contribution in [-0.4, -0.2) is 42.5 Å². The normalized spacial score (nSPS) is 18.7. The second-order valence-electron chi connectivity index (χ2n) is 5.51. The Balaban J connectivity index is 1.77. The van der Waals surface area contributed by atoms with E-state index in [0.717, 1.165) is 38.0 Å². The molecule has 20 heavy (non-hydrogen) atoms. The topological polar surface area (TPSA) is 58.4 Å². The number of carbonyl (C=O) groups excluding carboxylic acids is 1. The largest absolute Gasteiger partial charge is 0.352 e. The van der Waals surface area contributed by atoms with Crippen molar-refractivity contribution in [1.29, 1.82) is 0 Å². The van der Waals surface area contributed by atoms with Gasteiger partial charge in [-0.2, -0.15) is 0 Å². The Morgan fingerprint density at radius 3 is 2.60 bits per heavy atom. The Bertz CT molecular complexity index is 413. The van der Waals surface area contributed by atoms with E-state index in [1.807, 2.05) is 30.3 Å². The van der Waals surface area contributed by atoms with Crippen LogP contribution in [0.4, 0.5) is 0 Å². The second kappa shape index (κ2) is 7.41. The van der Waals surface area contributed by atoms with E-state index in [-0.39, 0.29) is 11.9 Å². The Morgan fingerprint density at radius 2 is 2.00 bits per heavy atom. The monoisotopic (exact) mass is 275 g/mol. The number of nitrogens with two attached hydrogens (primary N) is 1. The highest BCUT2D eigenvalue weighted by atomic mass is 16.2. The molecule has 1 aromatic rings. The van der Waals surface area contributed by atoms with Crippen molar-refractivity contribution in [2.24, 2.45) is 5.73 Å². The number of rotatable bonds is 5. The molecule has 1 amide bonds. The first kappa shape index (κ1) is 15.0. The fraction of sp³-hybridized carbons (Fsp3) is 0.562. The summed E-state index contributed by atoms with van der Waals surface area (Å²) in [5, 5.41) is 3.09. The molecule has 1 aliphatic heterocycles. The molecular weight excluding hydrogens is 250 g/mol. The minimum Gasteiger partial charge on any atom is -0.352 e. The molecule has 1 atom stereocenters. The zero-order valence-electron chi connectivity index (χ0n) is 12.2. The maximum Gasteiger partial charge on any atom is 0.237 e. The molecule has 1 aliphatic rings. The molecule has 0 aliphatic carbocycles. The summed E-state index contributed by atoms with van der Waals surface area (Å²) in [6.45, 7) is 5.40. The summed E-state index contributed by atoms with van der Waals surface area (Å²) < 4.78 is 0. The van der Waals surface area contributed by atoms with Gasteiger partial charge in [0, 0.05) is 19.1 Å². The molecule has 1 heterocycles. The zero-order chi connectivity index (χ0) is 14.4. The van der Waals surface area contributed by atoms with Crippen molar-refractivity contribution in [3.05, 3.63) is 35.9 Å². The van der Waals surface area contributed by atoms with E-state index in [1.165, 1.54) is 0 Å². The average molecular weight is 275 g/mol. The van der Waals surface area contributed by atoms with Gasteiger partial charge >= 0.3 is 0 Å². The third-order valence-corrected chi connectivity index (χ3v) is 4.02. The molecule has 1 aromatic carbocycles. The molecule has 2 rings (SSSR count). The van der Waals surface area contributed by atoms with Crippen LogP contribution in [0, 0.1) is 0 Å². The summed E-state index contributed by atoms with van der Waals surface area (Å²) in [6.07, 6.45) is 2.65. The van der Waals surface area contributed by atoms with Crippen LogP contribution in [-0.2, 0) is 11.2 Å². The first-order valence-electron chi connectivity index (χ1n) is 7.51. The lowest BCUT2D eigenvalue weighted by atomic mass is 10.0.